The van der Waals surface area contributed by atoms with E-state index in [1.807, 2.05) is 0 Å². The molecule has 0 aliphatic carbocycles. The fourth-order valence-corrected chi connectivity index (χ4v) is 1.79. The first kappa shape index (κ1) is 12.1. The van der Waals surface area contributed by atoms with E-state index in [4.69, 9.17) is 0 Å². The van der Waals surface area contributed by atoms with Crippen molar-refractivity contribution in [3.05, 3.63) is 27.5 Å². The summed E-state index contributed by atoms with van der Waals surface area (Å²) in [7, 11) is 1.58. The van der Waals surface area contributed by atoms with Gasteiger partial charge in [0.25, 0.3) is 0 Å². The van der Waals surface area contributed by atoms with Gasteiger partial charge in [-0.05, 0) is 41.5 Å². The minimum absolute atomic E-state index is 0.0135. The number of hydrogen-bond donors (Lipinski definition) is 2. The van der Waals surface area contributed by atoms with Gasteiger partial charge in [-0.2, -0.15) is 0 Å². The normalized spacial score (nSPS) is 10.4. The van der Waals surface area contributed by atoms with E-state index in [2.05, 4.69) is 21.2 Å². The number of Topliss-reactive ketones (excluding diaryl/α,β-unsaturated/α-hetero) is 1. The number of likely N-dealkylation sites (N-methyl/N-ethyl adjacent to an activating group) is 1. The summed E-state index contributed by atoms with van der Waals surface area (Å²) in [6.07, 6.45) is 0. The zero-order chi connectivity index (χ0) is 11.6. The van der Waals surface area contributed by atoms with Gasteiger partial charge in [-0.25, -0.2) is 4.39 Å². The molecule has 2 N–H and O–H groups in total. The number of phenols is 1. The molecule has 0 aliphatic rings. The summed E-state index contributed by atoms with van der Waals surface area (Å²) in [5.41, 5.74) is 0.0513. The summed E-state index contributed by atoms with van der Waals surface area (Å²) in [5.74, 6) is -1.49. The fraction of sp³-hybridized carbons (Fsp3) is 0.300. The lowest BCUT2D eigenvalue weighted by molar-refractivity contribution is 0.0986. The summed E-state index contributed by atoms with van der Waals surface area (Å²) >= 11 is 3.06. The fourth-order valence-electron chi connectivity index (χ4n) is 1.25. The maximum atomic E-state index is 13.6. The second kappa shape index (κ2) is 4.72. The number of halogens is 2. The van der Waals surface area contributed by atoms with Crippen LogP contribution >= 0.6 is 15.9 Å². The number of aryl methyl sites for hydroxylation is 1. The lowest BCUT2D eigenvalue weighted by atomic mass is 10.1. The third kappa shape index (κ3) is 2.35. The molecule has 0 heterocycles. The van der Waals surface area contributed by atoms with Gasteiger partial charge in [0.1, 0.15) is 11.6 Å². The molecule has 1 aromatic carbocycles. The zero-order valence-corrected chi connectivity index (χ0v) is 9.98. The highest BCUT2D eigenvalue weighted by molar-refractivity contribution is 9.10. The molecule has 0 unspecified atom stereocenters. The van der Waals surface area contributed by atoms with Gasteiger partial charge < -0.3 is 10.4 Å². The second-order valence-electron chi connectivity index (χ2n) is 3.17. The van der Waals surface area contributed by atoms with Crippen LogP contribution in [0.15, 0.2) is 10.5 Å². The number of carbonyl (C=O) groups is 1. The Balaban J connectivity index is 3.32. The summed E-state index contributed by atoms with van der Waals surface area (Å²) in [6, 6.07) is 1.43. The average molecular weight is 276 g/mol. The van der Waals surface area contributed by atoms with Gasteiger partial charge in [-0.15, -0.1) is 0 Å². The van der Waals surface area contributed by atoms with Crippen molar-refractivity contribution in [1.82, 2.24) is 5.32 Å². The zero-order valence-electron chi connectivity index (χ0n) is 8.40. The van der Waals surface area contributed by atoms with Crippen molar-refractivity contribution >= 4 is 21.7 Å². The number of ketones is 1. The highest BCUT2D eigenvalue weighted by Crippen LogP contribution is 2.32. The molecule has 15 heavy (non-hydrogen) atoms. The minimum Gasteiger partial charge on any atom is -0.506 e. The molecule has 0 amide bonds. The topological polar surface area (TPSA) is 49.3 Å². The second-order valence-corrected chi connectivity index (χ2v) is 4.02. The Bertz CT molecular complexity index is 381. The molecular weight excluding hydrogens is 265 g/mol. The van der Waals surface area contributed by atoms with Crippen molar-refractivity contribution in [3.8, 4) is 5.75 Å². The van der Waals surface area contributed by atoms with E-state index in [1.165, 1.54) is 13.0 Å². The van der Waals surface area contributed by atoms with Gasteiger partial charge in [0.2, 0.25) is 0 Å². The standard InChI is InChI=1S/C10H11BrFNO2/c1-5-3-6(11)10(15)8(9(5)12)7(14)4-13-2/h3,13,15H,4H2,1-2H3. The molecule has 0 bridgehead atoms. The van der Waals surface area contributed by atoms with Gasteiger partial charge in [0.15, 0.2) is 5.78 Å². The molecule has 1 rings (SSSR count). The Kier molecular flexibility index (Phi) is 3.82. The van der Waals surface area contributed by atoms with E-state index in [0.717, 1.165) is 0 Å². The van der Waals surface area contributed by atoms with E-state index >= 15 is 0 Å². The molecule has 3 nitrogen and oxygen atoms in total. The number of benzene rings is 1. The maximum Gasteiger partial charge on any atom is 0.183 e. The van der Waals surface area contributed by atoms with Gasteiger partial charge in [-0.1, -0.05) is 0 Å². The first-order valence-electron chi connectivity index (χ1n) is 4.34. The summed E-state index contributed by atoms with van der Waals surface area (Å²) < 4.78 is 13.9. The maximum absolute atomic E-state index is 13.6. The molecule has 0 saturated carbocycles. The Hall–Kier alpha value is -0.940. The largest absolute Gasteiger partial charge is 0.506 e. The quantitative estimate of drug-likeness (QED) is 0.830. The number of phenolic OH excluding ortho intramolecular Hbond substituents is 1. The Labute approximate surface area is 95.4 Å². The van der Waals surface area contributed by atoms with Crippen LogP contribution in [0.2, 0.25) is 0 Å². The summed E-state index contributed by atoms with van der Waals surface area (Å²) in [6.45, 7) is 1.52. The molecular formula is C10H11BrFNO2. The van der Waals surface area contributed by atoms with Gasteiger partial charge in [0, 0.05) is 0 Å². The molecule has 0 aliphatic heterocycles. The lowest BCUT2D eigenvalue weighted by Gasteiger charge is -2.09. The highest BCUT2D eigenvalue weighted by Gasteiger charge is 2.20. The Morgan fingerprint density at radius 1 is 1.67 bits per heavy atom. The monoisotopic (exact) mass is 275 g/mol. The number of carbonyl (C=O) groups excluding carboxylic acids is 1. The lowest BCUT2D eigenvalue weighted by Crippen LogP contribution is -2.20. The highest BCUT2D eigenvalue weighted by atomic mass is 79.9. The van der Waals surface area contributed by atoms with Crippen LogP contribution in [0.25, 0.3) is 0 Å². The van der Waals surface area contributed by atoms with E-state index in [1.54, 1.807) is 7.05 Å². The molecule has 1 aromatic rings. The summed E-state index contributed by atoms with van der Waals surface area (Å²) in [5, 5.41) is 12.2. The number of aromatic hydroxyl groups is 1. The van der Waals surface area contributed by atoms with E-state index in [9.17, 15) is 14.3 Å². The van der Waals surface area contributed by atoms with Gasteiger partial charge in [-0.3, -0.25) is 4.79 Å². The molecule has 0 atom stereocenters. The van der Waals surface area contributed by atoms with Crippen LogP contribution in [0.3, 0.4) is 0 Å². The number of nitrogens with one attached hydrogen (secondary N) is 1. The third-order valence-corrected chi connectivity index (χ3v) is 2.59. The Morgan fingerprint density at radius 3 is 2.80 bits per heavy atom. The van der Waals surface area contributed by atoms with Crippen LogP contribution in [-0.4, -0.2) is 24.5 Å². The van der Waals surface area contributed by atoms with Crippen molar-refractivity contribution in [2.45, 2.75) is 6.92 Å². The van der Waals surface area contributed by atoms with E-state index in [-0.39, 0.29) is 17.9 Å². The van der Waals surface area contributed by atoms with Crippen LogP contribution < -0.4 is 5.32 Å². The third-order valence-electron chi connectivity index (χ3n) is 1.99. The van der Waals surface area contributed by atoms with Crippen LogP contribution in [0, 0.1) is 12.7 Å². The van der Waals surface area contributed by atoms with Gasteiger partial charge in [0.05, 0.1) is 16.6 Å². The van der Waals surface area contributed by atoms with Crippen LogP contribution in [-0.2, 0) is 0 Å². The molecule has 82 valence electrons. The van der Waals surface area contributed by atoms with Crippen molar-refractivity contribution in [2.24, 2.45) is 0 Å². The molecule has 0 fully saturated rings. The van der Waals surface area contributed by atoms with Crippen molar-refractivity contribution in [2.75, 3.05) is 13.6 Å². The predicted octanol–water partition coefficient (Wildman–Crippen LogP) is 2.00. The molecule has 5 heteroatoms. The average Bonchev–Trinajstić information content (AvgIpc) is 2.16. The SMILES string of the molecule is CNCC(=O)c1c(O)c(Br)cc(C)c1F. The first-order chi connectivity index (χ1) is 6.99. The van der Waals surface area contributed by atoms with Crippen LogP contribution in [0.5, 0.6) is 5.75 Å². The van der Waals surface area contributed by atoms with Crippen molar-refractivity contribution in [3.63, 3.8) is 0 Å². The van der Waals surface area contributed by atoms with Gasteiger partial charge >= 0.3 is 0 Å². The molecule has 0 spiro atoms. The minimum atomic E-state index is -0.670. The van der Waals surface area contributed by atoms with E-state index < -0.39 is 11.6 Å². The smallest absolute Gasteiger partial charge is 0.183 e. The summed E-state index contributed by atoms with van der Waals surface area (Å²) in [4.78, 5) is 11.5. The van der Waals surface area contributed by atoms with Crippen molar-refractivity contribution < 1.29 is 14.3 Å². The number of hydrogen-bond acceptors (Lipinski definition) is 3. The molecule has 0 radical (unpaired) electrons. The number of rotatable bonds is 3. The first-order valence-corrected chi connectivity index (χ1v) is 5.13. The van der Waals surface area contributed by atoms with Crippen LogP contribution in [0.1, 0.15) is 15.9 Å². The van der Waals surface area contributed by atoms with Crippen LogP contribution in [0.4, 0.5) is 4.39 Å². The van der Waals surface area contributed by atoms with Crippen molar-refractivity contribution in [1.29, 1.82) is 0 Å². The Morgan fingerprint density at radius 2 is 2.27 bits per heavy atom. The molecule has 0 saturated heterocycles. The van der Waals surface area contributed by atoms with E-state index in [0.29, 0.717) is 10.0 Å². The molecule has 0 aromatic heterocycles. The predicted molar refractivity (Wildman–Crippen MR) is 58.8 cm³/mol.